The van der Waals surface area contributed by atoms with Gasteiger partial charge in [-0.05, 0) is 74.0 Å². The van der Waals surface area contributed by atoms with E-state index < -0.39 is 5.97 Å². The highest BCUT2D eigenvalue weighted by molar-refractivity contribution is 7.17. The Bertz CT molecular complexity index is 1690. The van der Waals surface area contributed by atoms with Gasteiger partial charge in [0.1, 0.15) is 5.75 Å². The van der Waals surface area contributed by atoms with Gasteiger partial charge in [0.05, 0.1) is 12.1 Å². The average Bonchev–Trinajstić information content (AvgIpc) is 3.67. The minimum absolute atomic E-state index is 0.141. The molecule has 0 spiro atoms. The Hall–Kier alpha value is -3.89. The van der Waals surface area contributed by atoms with E-state index in [4.69, 9.17) is 19.3 Å². The second-order valence-corrected chi connectivity index (χ2v) is 15.6. The molecule has 1 aliphatic heterocycles. The molecule has 0 atom stereocenters. The minimum atomic E-state index is -0.684. The Morgan fingerprint density at radius 3 is 2.07 bits per heavy atom. The quantitative estimate of drug-likeness (QED) is 0.0362. The number of aromatic nitrogens is 1. The molecule has 1 saturated heterocycles. The Morgan fingerprint density at radius 2 is 1.37 bits per heavy atom. The first-order chi connectivity index (χ1) is 26.5. The highest BCUT2D eigenvalue weighted by Crippen LogP contribution is 2.31. The molecule has 1 N–H and O–H groups in total. The summed E-state index contributed by atoms with van der Waals surface area (Å²) in [6, 6.07) is 18.6. The fourth-order valence-electron chi connectivity index (χ4n) is 7.24. The molecule has 0 radical (unpaired) electrons. The number of carboxylic acids is 1. The minimum Gasteiger partial charge on any atom is -0.494 e. The number of rotatable bonds is 27. The number of hydrogen-bond acceptors (Lipinski definition) is 9. The molecule has 54 heavy (non-hydrogen) atoms. The van der Waals surface area contributed by atoms with Gasteiger partial charge in [0.15, 0.2) is 0 Å². The molecule has 1 fully saturated rings. The summed E-state index contributed by atoms with van der Waals surface area (Å²) in [7, 11) is 0. The molecule has 3 heterocycles. The first-order valence-electron chi connectivity index (χ1n) is 20.5. The number of piperazine rings is 1. The van der Waals surface area contributed by atoms with Gasteiger partial charge in [-0.25, -0.2) is 4.98 Å². The lowest BCUT2D eigenvalue weighted by Crippen LogP contribution is -2.46. The lowest BCUT2D eigenvalue weighted by atomic mass is 10.0. The normalized spacial score (nSPS) is 13.4. The number of carbonyl (C=O) groups excluding carboxylic acids is 1. The molecule has 9 nitrogen and oxygen atoms in total. The molecule has 2 aromatic heterocycles. The van der Waals surface area contributed by atoms with E-state index in [1.165, 1.54) is 67.1 Å². The van der Waals surface area contributed by atoms with Crippen LogP contribution in [0.2, 0.25) is 0 Å². The monoisotopic (exact) mass is 759 g/mol. The molecular formula is C44H61N3O6S. The standard InChI is InChI=1S/C44H61N3O6S/c48-43(49)20-13-11-9-7-5-3-1-2-4-6-8-10-12-14-21-44(50)53-35-52-42-25-23-36-22-24-37(34-39(36)45-42)51-32-16-15-27-46-28-30-47(31-29-46)40-18-17-19-41-38(40)26-33-54-41/h17-19,22-26,33-34H,1-16,20-21,27-32,35H2,(H,48,49). The van der Waals surface area contributed by atoms with Crippen molar-refractivity contribution < 1.29 is 28.9 Å². The van der Waals surface area contributed by atoms with Crippen molar-refractivity contribution in [3.63, 3.8) is 0 Å². The molecule has 0 amide bonds. The number of thiophene rings is 1. The highest BCUT2D eigenvalue weighted by atomic mass is 32.1. The van der Waals surface area contributed by atoms with Crippen molar-refractivity contribution in [3.05, 3.63) is 60.0 Å². The maximum atomic E-state index is 12.2. The number of pyridine rings is 1. The van der Waals surface area contributed by atoms with E-state index in [-0.39, 0.29) is 12.8 Å². The van der Waals surface area contributed by atoms with Crippen LogP contribution >= 0.6 is 11.3 Å². The molecule has 294 valence electrons. The summed E-state index contributed by atoms with van der Waals surface area (Å²) in [6.07, 6.45) is 19.0. The maximum absolute atomic E-state index is 12.2. The Morgan fingerprint density at radius 1 is 0.704 bits per heavy atom. The molecule has 4 aromatic rings. The van der Waals surface area contributed by atoms with Crippen LogP contribution in [-0.2, 0) is 14.3 Å². The van der Waals surface area contributed by atoms with Crippen LogP contribution in [0, 0.1) is 0 Å². The lowest BCUT2D eigenvalue weighted by molar-refractivity contribution is -0.150. The molecular weight excluding hydrogens is 699 g/mol. The van der Waals surface area contributed by atoms with Gasteiger partial charge in [-0.15, -0.1) is 11.3 Å². The maximum Gasteiger partial charge on any atom is 0.308 e. The van der Waals surface area contributed by atoms with Crippen LogP contribution in [0.3, 0.4) is 0 Å². The van der Waals surface area contributed by atoms with Crippen molar-refractivity contribution in [3.8, 4) is 11.6 Å². The number of hydrogen-bond donors (Lipinski definition) is 1. The zero-order valence-electron chi connectivity index (χ0n) is 32.2. The number of unbranched alkanes of at least 4 members (excludes halogenated alkanes) is 14. The number of nitrogens with zero attached hydrogens (tertiary/aromatic N) is 3. The number of carboxylic acid groups (broad SMARTS) is 1. The first-order valence-corrected chi connectivity index (χ1v) is 21.4. The van der Waals surface area contributed by atoms with Crippen molar-refractivity contribution in [2.75, 3.05) is 51.0 Å². The van der Waals surface area contributed by atoms with E-state index in [1.807, 2.05) is 35.6 Å². The lowest BCUT2D eigenvalue weighted by Gasteiger charge is -2.36. The summed E-state index contributed by atoms with van der Waals surface area (Å²) in [5, 5.41) is 13.2. The predicted molar refractivity (Wildman–Crippen MR) is 220 cm³/mol. The smallest absolute Gasteiger partial charge is 0.308 e. The second-order valence-electron chi connectivity index (χ2n) is 14.6. The third-order valence-corrected chi connectivity index (χ3v) is 11.3. The van der Waals surface area contributed by atoms with Crippen LogP contribution in [-0.4, -0.2) is 73.1 Å². The SMILES string of the molecule is O=C(O)CCCCCCCCCCCCCCCCC(=O)OCOc1ccc2ccc(OCCCCN3CCN(c4cccc5sccc45)CC3)cc2n1. The van der Waals surface area contributed by atoms with Crippen LogP contribution in [0.15, 0.2) is 60.0 Å². The van der Waals surface area contributed by atoms with Gasteiger partial charge >= 0.3 is 11.9 Å². The number of benzene rings is 2. The fourth-order valence-corrected chi connectivity index (χ4v) is 8.04. The van der Waals surface area contributed by atoms with Gasteiger partial charge in [0, 0.05) is 72.3 Å². The zero-order chi connectivity index (χ0) is 37.6. The molecule has 5 rings (SSSR count). The number of carbonyl (C=O) groups is 2. The van der Waals surface area contributed by atoms with Crippen LogP contribution in [0.4, 0.5) is 5.69 Å². The summed E-state index contributed by atoms with van der Waals surface area (Å²) in [6.45, 7) is 5.93. The van der Waals surface area contributed by atoms with Crippen molar-refractivity contribution >= 4 is 50.0 Å². The van der Waals surface area contributed by atoms with E-state index in [0.29, 0.717) is 25.3 Å². The van der Waals surface area contributed by atoms with Gasteiger partial charge in [-0.1, -0.05) is 83.1 Å². The molecule has 2 aromatic carbocycles. The topological polar surface area (TPSA) is 101 Å². The van der Waals surface area contributed by atoms with Crippen LogP contribution in [0.5, 0.6) is 11.6 Å². The van der Waals surface area contributed by atoms with E-state index in [2.05, 4.69) is 44.4 Å². The highest BCUT2D eigenvalue weighted by Gasteiger charge is 2.18. The molecule has 0 bridgehead atoms. The number of esters is 1. The van der Waals surface area contributed by atoms with Crippen LogP contribution < -0.4 is 14.4 Å². The first kappa shape index (κ1) is 41.3. The van der Waals surface area contributed by atoms with Crippen molar-refractivity contribution in [1.82, 2.24) is 9.88 Å². The van der Waals surface area contributed by atoms with Gasteiger partial charge < -0.3 is 24.2 Å². The molecule has 1 aliphatic rings. The second kappa shape index (κ2) is 23.8. The Kier molecular flexibility index (Phi) is 18.2. The number of aliphatic carboxylic acids is 1. The average molecular weight is 760 g/mol. The number of fused-ring (bicyclic) bond motifs is 2. The van der Waals surface area contributed by atoms with Gasteiger partial charge in [0.25, 0.3) is 0 Å². The molecule has 0 saturated carbocycles. The summed E-state index contributed by atoms with van der Waals surface area (Å²) in [5.41, 5.74) is 2.15. The van der Waals surface area contributed by atoms with Crippen molar-refractivity contribution in [2.24, 2.45) is 0 Å². The van der Waals surface area contributed by atoms with Crippen LogP contribution in [0.1, 0.15) is 116 Å². The number of anilines is 1. The summed E-state index contributed by atoms with van der Waals surface area (Å²) in [4.78, 5) is 32.4. The van der Waals surface area contributed by atoms with E-state index in [0.717, 1.165) is 101 Å². The van der Waals surface area contributed by atoms with Crippen molar-refractivity contribution in [1.29, 1.82) is 0 Å². The van der Waals surface area contributed by atoms with E-state index in [1.54, 1.807) is 6.07 Å². The molecule has 10 heteroatoms. The zero-order valence-corrected chi connectivity index (χ0v) is 33.0. The Balaban J connectivity index is 0.851. The van der Waals surface area contributed by atoms with E-state index in [9.17, 15) is 9.59 Å². The Labute approximate surface area is 326 Å². The van der Waals surface area contributed by atoms with E-state index >= 15 is 0 Å². The van der Waals surface area contributed by atoms with Gasteiger partial charge in [-0.2, -0.15) is 0 Å². The summed E-state index contributed by atoms with van der Waals surface area (Å²) < 4.78 is 18.4. The van der Waals surface area contributed by atoms with Crippen LogP contribution in [0.25, 0.3) is 21.0 Å². The van der Waals surface area contributed by atoms with Crippen molar-refractivity contribution in [2.45, 2.75) is 116 Å². The summed E-state index contributed by atoms with van der Waals surface area (Å²) in [5.74, 6) is 0.302. The third kappa shape index (κ3) is 14.7. The number of ether oxygens (including phenoxy) is 3. The third-order valence-electron chi connectivity index (χ3n) is 10.4. The molecule has 0 unspecified atom stereocenters. The summed E-state index contributed by atoms with van der Waals surface area (Å²) >= 11 is 1.81. The molecule has 0 aliphatic carbocycles. The largest absolute Gasteiger partial charge is 0.494 e. The van der Waals surface area contributed by atoms with Gasteiger partial charge in [-0.3, -0.25) is 14.5 Å². The predicted octanol–water partition coefficient (Wildman–Crippen LogP) is 10.6. The van der Waals surface area contributed by atoms with Gasteiger partial charge in [0.2, 0.25) is 12.7 Å². The fraction of sp³-hybridized carbons (Fsp3) is 0.568.